The van der Waals surface area contributed by atoms with Crippen molar-refractivity contribution in [1.82, 2.24) is 4.98 Å². The van der Waals surface area contributed by atoms with Gasteiger partial charge in [-0.05, 0) is 18.6 Å². The number of likely N-dealkylation sites (N-methyl/N-ethyl adjacent to an activating group) is 1. The van der Waals surface area contributed by atoms with Crippen LogP contribution in [-0.2, 0) is 11.3 Å². The van der Waals surface area contributed by atoms with E-state index in [-0.39, 0.29) is 0 Å². The Balaban J connectivity index is 2.19. The zero-order valence-electron chi connectivity index (χ0n) is 9.02. The summed E-state index contributed by atoms with van der Waals surface area (Å²) in [5.41, 5.74) is 7.74. The van der Waals surface area contributed by atoms with Crippen molar-refractivity contribution in [3.8, 4) is 0 Å². The average molecular weight is 207 g/mol. The molecule has 2 rings (SSSR count). The van der Waals surface area contributed by atoms with Crippen molar-refractivity contribution in [2.75, 3.05) is 25.2 Å². The van der Waals surface area contributed by atoms with Gasteiger partial charge in [0.1, 0.15) is 0 Å². The molecule has 4 nitrogen and oxygen atoms in total. The number of anilines is 1. The second kappa shape index (κ2) is 4.59. The van der Waals surface area contributed by atoms with E-state index in [2.05, 4.69) is 23.0 Å². The molecule has 0 amide bonds. The number of pyridine rings is 1. The van der Waals surface area contributed by atoms with Gasteiger partial charge >= 0.3 is 0 Å². The molecule has 2 N–H and O–H groups in total. The quantitative estimate of drug-likeness (QED) is 0.795. The summed E-state index contributed by atoms with van der Waals surface area (Å²) in [5, 5.41) is 0. The molecule has 82 valence electrons. The topological polar surface area (TPSA) is 51.4 Å². The molecule has 1 aliphatic heterocycles. The second-order valence-electron chi connectivity index (χ2n) is 3.80. The first-order chi connectivity index (χ1) is 7.33. The molecule has 1 aromatic heterocycles. The minimum Gasteiger partial charge on any atom is -0.379 e. The van der Waals surface area contributed by atoms with Gasteiger partial charge in [0.25, 0.3) is 0 Å². The molecule has 4 heteroatoms. The third kappa shape index (κ3) is 2.11. The molecule has 1 atom stereocenters. The molecule has 0 spiro atoms. The Morgan fingerprint density at radius 2 is 2.53 bits per heavy atom. The van der Waals surface area contributed by atoms with Gasteiger partial charge in [-0.2, -0.15) is 0 Å². The number of rotatable bonds is 3. The summed E-state index contributed by atoms with van der Waals surface area (Å²) >= 11 is 0. The Hall–Kier alpha value is -1.13. The fourth-order valence-corrected chi connectivity index (χ4v) is 1.93. The standard InChI is InChI=1S/C11H17N3O/c1-14(9-4-6-15-8-9)11-3-2-5-13-10(11)7-12/h2-3,5,9H,4,6-8,12H2,1H3. The van der Waals surface area contributed by atoms with Crippen molar-refractivity contribution in [1.29, 1.82) is 0 Å². The van der Waals surface area contributed by atoms with Crippen LogP contribution in [0.4, 0.5) is 5.69 Å². The lowest BCUT2D eigenvalue weighted by molar-refractivity contribution is 0.193. The van der Waals surface area contributed by atoms with Gasteiger partial charge in [0.05, 0.1) is 24.0 Å². The maximum absolute atomic E-state index is 5.67. The summed E-state index contributed by atoms with van der Waals surface area (Å²) in [7, 11) is 2.08. The molecule has 1 fully saturated rings. The van der Waals surface area contributed by atoms with Crippen molar-refractivity contribution >= 4 is 5.69 Å². The van der Waals surface area contributed by atoms with E-state index >= 15 is 0 Å². The van der Waals surface area contributed by atoms with E-state index in [1.165, 1.54) is 0 Å². The number of hydrogen-bond acceptors (Lipinski definition) is 4. The highest BCUT2D eigenvalue weighted by molar-refractivity contribution is 5.50. The van der Waals surface area contributed by atoms with E-state index in [1.807, 2.05) is 6.07 Å². The van der Waals surface area contributed by atoms with E-state index in [1.54, 1.807) is 6.20 Å². The molecule has 0 aliphatic carbocycles. The molecular weight excluding hydrogens is 190 g/mol. The molecular formula is C11H17N3O. The lowest BCUT2D eigenvalue weighted by atomic mass is 10.2. The van der Waals surface area contributed by atoms with E-state index in [0.717, 1.165) is 31.0 Å². The Bertz CT molecular complexity index is 323. The van der Waals surface area contributed by atoms with Crippen LogP contribution < -0.4 is 10.6 Å². The van der Waals surface area contributed by atoms with Gasteiger partial charge in [-0.15, -0.1) is 0 Å². The number of nitrogens with two attached hydrogens (primary N) is 1. The Kier molecular flexibility index (Phi) is 3.18. The van der Waals surface area contributed by atoms with Crippen molar-refractivity contribution < 1.29 is 4.74 Å². The molecule has 1 aromatic rings. The highest BCUT2D eigenvalue weighted by atomic mass is 16.5. The van der Waals surface area contributed by atoms with Crippen LogP contribution in [0.5, 0.6) is 0 Å². The van der Waals surface area contributed by atoms with Gasteiger partial charge in [0, 0.05) is 26.4 Å². The van der Waals surface area contributed by atoms with Crippen molar-refractivity contribution in [2.45, 2.75) is 19.0 Å². The zero-order chi connectivity index (χ0) is 10.7. The minimum absolute atomic E-state index is 0.458. The van der Waals surface area contributed by atoms with E-state index in [4.69, 9.17) is 10.5 Å². The van der Waals surface area contributed by atoms with Gasteiger partial charge in [0.2, 0.25) is 0 Å². The van der Waals surface area contributed by atoms with Gasteiger partial charge in [-0.25, -0.2) is 0 Å². The summed E-state index contributed by atoms with van der Waals surface area (Å²) in [6, 6.07) is 4.47. The lowest BCUT2D eigenvalue weighted by Gasteiger charge is -2.26. The fourth-order valence-electron chi connectivity index (χ4n) is 1.93. The molecule has 1 saturated heterocycles. The van der Waals surface area contributed by atoms with Gasteiger partial charge in [0.15, 0.2) is 0 Å². The SMILES string of the molecule is CN(c1cccnc1CN)C1CCOC1. The first-order valence-electron chi connectivity index (χ1n) is 5.27. The smallest absolute Gasteiger partial charge is 0.0772 e. The van der Waals surface area contributed by atoms with Crippen LogP contribution >= 0.6 is 0 Å². The van der Waals surface area contributed by atoms with Crippen LogP contribution in [0.1, 0.15) is 12.1 Å². The third-order valence-electron chi connectivity index (χ3n) is 2.89. The summed E-state index contributed by atoms with van der Waals surface area (Å²) < 4.78 is 5.38. The number of nitrogens with zero attached hydrogens (tertiary/aromatic N) is 2. The number of aromatic nitrogens is 1. The highest BCUT2D eigenvalue weighted by Gasteiger charge is 2.21. The molecule has 1 aliphatic rings. The van der Waals surface area contributed by atoms with Gasteiger partial charge in [-0.1, -0.05) is 0 Å². The number of hydrogen-bond donors (Lipinski definition) is 1. The monoisotopic (exact) mass is 207 g/mol. The zero-order valence-corrected chi connectivity index (χ0v) is 9.02. The average Bonchev–Trinajstić information content (AvgIpc) is 2.81. The van der Waals surface area contributed by atoms with Crippen LogP contribution in [0, 0.1) is 0 Å². The van der Waals surface area contributed by atoms with Crippen molar-refractivity contribution in [3.63, 3.8) is 0 Å². The van der Waals surface area contributed by atoms with E-state index in [9.17, 15) is 0 Å². The fraction of sp³-hybridized carbons (Fsp3) is 0.545. The van der Waals surface area contributed by atoms with Gasteiger partial charge < -0.3 is 15.4 Å². The lowest BCUT2D eigenvalue weighted by Crippen LogP contribution is -2.32. The Morgan fingerprint density at radius 3 is 3.20 bits per heavy atom. The van der Waals surface area contributed by atoms with Crippen LogP contribution in [0.25, 0.3) is 0 Å². The summed E-state index contributed by atoms with van der Waals surface area (Å²) in [6.45, 7) is 2.14. The number of ether oxygens (including phenoxy) is 1. The van der Waals surface area contributed by atoms with Crippen molar-refractivity contribution in [3.05, 3.63) is 24.0 Å². The van der Waals surface area contributed by atoms with E-state index in [0.29, 0.717) is 12.6 Å². The van der Waals surface area contributed by atoms with Crippen LogP contribution in [-0.4, -0.2) is 31.3 Å². The molecule has 0 radical (unpaired) electrons. The molecule has 1 unspecified atom stereocenters. The summed E-state index contributed by atoms with van der Waals surface area (Å²) in [4.78, 5) is 6.51. The largest absolute Gasteiger partial charge is 0.379 e. The molecule has 0 saturated carbocycles. The summed E-state index contributed by atoms with van der Waals surface area (Å²) in [5.74, 6) is 0. The highest BCUT2D eigenvalue weighted by Crippen LogP contribution is 2.22. The first-order valence-corrected chi connectivity index (χ1v) is 5.27. The Labute approximate surface area is 90.0 Å². The minimum atomic E-state index is 0.458. The molecule has 15 heavy (non-hydrogen) atoms. The maximum atomic E-state index is 5.67. The summed E-state index contributed by atoms with van der Waals surface area (Å²) in [6.07, 6.45) is 2.86. The first kappa shape index (κ1) is 10.4. The molecule has 0 aromatic carbocycles. The van der Waals surface area contributed by atoms with Crippen LogP contribution in [0.3, 0.4) is 0 Å². The second-order valence-corrected chi connectivity index (χ2v) is 3.80. The van der Waals surface area contributed by atoms with Crippen LogP contribution in [0.2, 0.25) is 0 Å². The molecule has 2 heterocycles. The van der Waals surface area contributed by atoms with Crippen molar-refractivity contribution in [2.24, 2.45) is 5.73 Å². The normalized spacial score (nSPS) is 20.5. The predicted molar refractivity (Wildman–Crippen MR) is 59.8 cm³/mol. The maximum Gasteiger partial charge on any atom is 0.0772 e. The molecule has 0 bridgehead atoms. The Morgan fingerprint density at radius 1 is 1.67 bits per heavy atom. The van der Waals surface area contributed by atoms with Crippen LogP contribution in [0.15, 0.2) is 18.3 Å². The van der Waals surface area contributed by atoms with Gasteiger partial charge in [-0.3, -0.25) is 4.98 Å². The third-order valence-corrected chi connectivity index (χ3v) is 2.89. The predicted octanol–water partition coefficient (Wildman–Crippen LogP) is 0.765. The van der Waals surface area contributed by atoms with E-state index < -0.39 is 0 Å².